The van der Waals surface area contributed by atoms with Crippen molar-refractivity contribution in [3.05, 3.63) is 120 Å². The van der Waals surface area contributed by atoms with Crippen molar-refractivity contribution in [3.8, 4) is 11.1 Å². The molecule has 1 unspecified atom stereocenters. The van der Waals surface area contributed by atoms with Gasteiger partial charge in [-0.05, 0) is 111 Å². The fourth-order valence-corrected chi connectivity index (χ4v) is 11.1. The van der Waals surface area contributed by atoms with Crippen LogP contribution in [-0.2, 0) is 30.3 Å². The summed E-state index contributed by atoms with van der Waals surface area (Å²) in [5.41, 5.74) is 6.38. The Balaban J connectivity index is 0.992. The SMILES string of the molecule is COC[C@@H](C)CN(Cc1nc2ccc3cc(-c4ccc5c(ccc6nc([C@@H]7C[C@H]8C(C)[C@H]8N7C(=O)[C@H](C=C(C)C)NC(=O)OC)[nH]c65)c4)ccc3c2n1I)C(=O)[C@H](NC(=O)OC(C)(C)C)c1ccccc1. The summed E-state index contributed by atoms with van der Waals surface area (Å²) in [7, 11) is 2.94. The molecular formula is C55H61IN8O7. The molecule has 0 radical (unpaired) electrons. The Bertz CT molecular complexity index is 3210. The van der Waals surface area contributed by atoms with Gasteiger partial charge < -0.3 is 39.6 Å². The van der Waals surface area contributed by atoms with E-state index in [9.17, 15) is 19.2 Å². The summed E-state index contributed by atoms with van der Waals surface area (Å²) < 4.78 is 18.0. The van der Waals surface area contributed by atoms with Crippen LogP contribution in [0.25, 0.3) is 54.7 Å². The zero-order valence-corrected chi connectivity index (χ0v) is 43.7. The number of aromatic amines is 1. The Morgan fingerprint density at radius 2 is 1.56 bits per heavy atom. The van der Waals surface area contributed by atoms with Gasteiger partial charge in [0.15, 0.2) is 0 Å². The topological polar surface area (TPSA) is 173 Å². The van der Waals surface area contributed by atoms with Gasteiger partial charge >= 0.3 is 12.2 Å². The molecule has 1 saturated heterocycles. The minimum absolute atomic E-state index is 0.00838. The number of aromatic nitrogens is 4. The minimum atomic E-state index is -0.996. The zero-order valence-electron chi connectivity index (χ0n) is 41.6. The van der Waals surface area contributed by atoms with Crippen LogP contribution in [-0.4, -0.2) is 96.6 Å². The number of allylic oxidation sites excluding steroid dienone is 1. The van der Waals surface area contributed by atoms with Crippen LogP contribution in [0.4, 0.5) is 9.59 Å². The number of likely N-dealkylation sites (tertiary alicyclic amines) is 1. The predicted molar refractivity (Wildman–Crippen MR) is 284 cm³/mol. The first-order valence-electron chi connectivity index (χ1n) is 24.1. The second kappa shape index (κ2) is 19.9. The van der Waals surface area contributed by atoms with Crippen molar-refractivity contribution in [2.24, 2.45) is 17.8 Å². The van der Waals surface area contributed by atoms with E-state index in [0.717, 1.165) is 72.6 Å². The quantitative estimate of drug-likeness (QED) is 0.0708. The number of hydrogen-bond acceptors (Lipinski definition) is 9. The second-order valence-corrected chi connectivity index (χ2v) is 21.3. The first-order chi connectivity index (χ1) is 33.9. The van der Waals surface area contributed by atoms with Crippen molar-refractivity contribution >= 4 is 90.5 Å². The number of rotatable bonds is 14. The molecule has 9 rings (SSSR count). The van der Waals surface area contributed by atoms with Crippen molar-refractivity contribution in [3.63, 3.8) is 0 Å². The molecular weight excluding hydrogens is 1010 g/mol. The third kappa shape index (κ3) is 10.2. The number of H-pyrrole nitrogens is 1. The number of amides is 4. The number of piperidine rings is 1. The van der Waals surface area contributed by atoms with E-state index >= 15 is 0 Å². The maximum absolute atomic E-state index is 14.7. The van der Waals surface area contributed by atoms with Gasteiger partial charge in [0.25, 0.3) is 0 Å². The number of halogens is 1. The van der Waals surface area contributed by atoms with Crippen molar-refractivity contribution in [1.82, 2.24) is 38.2 Å². The maximum atomic E-state index is 14.7. The summed E-state index contributed by atoms with van der Waals surface area (Å²) in [4.78, 5) is 71.8. The number of carbonyl (C=O) groups is 4. The van der Waals surface area contributed by atoms with E-state index in [0.29, 0.717) is 36.4 Å². The van der Waals surface area contributed by atoms with Gasteiger partial charge in [-0.1, -0.05) is 92.2 Å². The highest BCUT2D eigenvalue weighted by molar-refractivity contribution is 14.1. The Kier molecular flexibility index (Phi) is 13.9. The van der Waals surface area contributed by atoms with Gasteiger partial charge in [-0.3, -0.25) is 12.4 Å². The van der Waals surface area contributed by atoms with Gasteiger partial charge in [0.2, 0.25) is 11.8 Å². The number of nitrogens with one attached hydrogen (secondary N) is 3. The van der Waals surface area contributed by atoms with Gasteiger partial charge in [0.1, 0.15) is 29.3 Å². The fourth-order valence-electron chi connectivity index (χ4n) is 10.3. The van der Waals surface area contributed by atoms with E-state index in [4.69, 9.17) is 24.2 Å². The molecule has 370 valence electrons. The molecule has 0 spiro atoms. The summed E-state index contributed by atoms with van der Waals surface area (Å²) >= 11 is 2.28. The normalized spacial score (nSPS) is 18.8. The van der Waals surface area contributed by atoms with Crippen LogP contribution < -0.4 is 10.6 Å². The summed E-state index contributed by atoms with van der Waals surface area (Å²) in [6, 6.07) is 28.3. The molecule has 7 atom stereocenters. The van der Waals surface area contributed by atoms with Crippen LogP contribution in [0, 0.1) is 17.8 Å². The standard InChI is InChI=1S/C55H61IN8O7/c1-30(2)23-43(59-53(67)70-9)51(65)63-44(26-40-32(4)48(40)63)50-58-41-21-17-36-24-34(15-19-38(36)47(41)60-50)35-16-20-39-37(25-35)18-22-42-49(39)64(56)45(57-42)28-62(27-31(3)29-69-8)52(66)46(33-13-11-10-12-14-33)61-54(68)71-55(5,6)7/h10-25,31-32,40,43-44,46,48H,26-29H2,1-9H3,(H,58,60)(H,59,67)(H,61,68)/t31-,32?,40-,43-,44-,46+,48+/m0/s1. The number of methoxy groups -OCH3 is 2. The zero-order chi connectivity index (χ0) is 50.5. The van der Waals surface area contributed by atoms with Crippen molar-refractivity contribution in [2.75, 3.05) is 27.4 Å². The van der Waals surface area contributed by atoms with Crippen LogP contribution >= 0.6 is 22.9 Å². The third-order valence-corrected chi connectivity index (χ3v) is 14.6. The van der Waals surface area contributed by atoms with E-state index in [2.05, 4.69) is 93.9 Å². The highest BCUT2D eigenvalue weighted by atomic mass is 127. The van der Waals surface area contributed by atoms with Gasteiger partial charge in [-0.15, -0.1) is 0 Å². The molecule has 5 aromatic carbocycles. The molecule has 1 aliphatic carbocycles. The summed E-state index contributed by atoms with van der Waals surface area (Å²) in [6.45, 7) is 14.4. The lowest BCUT2D eigenvalue weighted by atomic mass is 9.98. The number of imidazole rings is 2. The van der Waals surface area contributed by atoms with Crippen LogP contribution in [0.2, 0.25) is 0 Å². The lowest BCUT2D eigenvalue weighted by Gasteiger charge is -2.30. The lowest BCUT2D eigenvalue weighted by molar-refractivity contribution is -0.135. The van der Waals surface area contributed by atoms with Gasteiger partial charge in [-0.25, -0.2) is 19.6 Å². The molecule has 2 fully saturated rings. The molecule has 2 aliphatic rings. The predicted octanol–water partition coefficient (Wildman–Crippen LogP) is 10.6. The van der Waals surface area contributed by atoms with Gasteiger partial charge in [0.05, 0.1) is 71.2 Å². The lowest BCUT2D eigenvalue weighted by Crippen LogP contribution is -2.49. The molecule has 4 amide bonds. The number of ether oxygens (including phenoxy) is 3. The summed E-state index contributed by atoms with van der Waals surface area (Å²) in [5, 5.41) is 9.72. The van der Waals surface area contributed by atoms with E-state index in [-0.39, 0.29) is 36.4 Å². The fraction of sp³-hybridized carbons (Fsp3) is 0.382. The molecule has 3 heterocycles. The Hall–Kier alpha value is -6.53. The molecule has 2 aromatic heterocycles. The first-order valence-corrected chi connectivity index (χ1v) is 25.1. The van der Waals surface area contributed by atoms with E-state index in [1.807, 2.05) is 70.9 Å². The average molecular weight is 1070 g/mol. The Labute approximate surface area is 427 Å². The third-order valence-electron chi connectivity index (χ3n) is 13.6. The largest absolute Gasteiger partial charge is 0.453 e. The highest BCUT2D eigenvalue weighted by Crippen LogP contribution is 2.57. The second-order valence-electron chi connectivity index (χ2n) is 20.3. The number of carbonyl (C=O) groups excluding carboxylic acids is 4. The van der Waals surface area contributed by atoms with E-state index in [1.54, 1.807) is 38.9 Å². The molecule has 1 saturated carbocycles. The van der Waals surface area contributed by atoms with Crippen LogP contribution in [0.3, 0.4) is 0 Å². The Morgan fingerprint density at radius 1 is 0.887 bits per heavy atom. The molecule has 16 heteroatoms. The number of alkyl carbamates (subject to hydrolysis) is 2. The van der Waals surface area contributed by atoms with Crippen LogP contribution in [0.1, 0.15) is 84.2 Å². The summed E-state index contributed by atoms with van der Waals surface area (Å²) in [5.74, 6) is 1.70. The summed E-state index contributed by atoms with van der Waals surface area (Å²) in [6.07, 6.45) is 1.23. The van der Waals surface area contributed by atoms with Crippen molar-refractivity contribution < 1.29 is 33.4 Å². The monoisotopic (exact) mass is 1070 g/mol. The van der Waals surface area contributed by atoms with Gasteiger partial charge in [-0.2, -0.15) is 0 Å². The molecule has 71 heavy (non-hydrogen) atoms. The maximum Gasteiger partial charge on any atom is 0.408 e. The minimum Gasteiger partial charge on any atom is -0.453 e. The number of fused-ring (bicyclic) bond motifs is 7. The number of hydrogen-bond donors (Lipinski definition) is 3. The van der Waals surface area contributed by atoms with Crippen LogP contribution in [0.5, 0.6) is 0 Å². The van der Waals surface area contributed by atoms with E-state index < -0.39 is 29.9 Å². The highest BCUT2D eigenvalue weighted by Gasteiger charge is 2.61. The van der Waals surface area contributed by atoms with Crippen LogP contribution in [0.15, 0.2) is 103 Å². The number of benzene rings is 5. The molecule has 0 bridgehead atoms. The molecule has 7 aromatic rings. The smallest absolute Gasteiger partial charge is 0.408 e. The van der Waals surface area contributed by atoms with Crippen molar-refractivity contribution in [1.29, 1.82) is 0 Å². The molecule has 1 aliphatic heterocycles. The first kappa shape index (κ1) is 49.5. The average Bonchev–Trinajstić information content (AvgIpc) is 3.69. The van der Waals surface area contributed by atoms with E-state index in [1.165, 1.54) is 7.11 Å². The van der Waals surface area contributed by atoms with Gasteiger partial charge in [0, 0.05) is 30.5 Å². The number of nitrogens with zero attached hydrogens (tertiary/aromatic N) is 5. The molecule has 15 nitrogen and oxygen atoms in total. The van der Waals surface area contributed by atoms with Crippen molar-refractivity contribution in [2.45, 2.75) is 91.2 Å². The Morgan fingerprint density at radius 3 is 2.23 bits per heavy atom. The molecule has 3 N–H and O–H groups in total.